The molecule has 2 unspecified atom stereocenters. The molecule has 0 aromatic carbocycles. The summed E-state index contributed by atoms with van der Waals surface area (Å²) in [5.41, 5.74) is 0. The molecule has 2 aliphatic rings. The average Bonchev–Trinajstić information content (AvgIpc) is 2.87. The summed E-state index contributed by atoms with van der Waals surface area (Å²) >= 11 is 0. The molecule has 92 valence electrons. The molecule has 0 spiro atoms. The second-order valence-electron chi connectivity index (χ2n) is 5.19. The summed E-state index contributed by atoms with van der Waals surface area (Å²) in [4.78, 5) is 11.9. The van der Waals surface area contributed by atoms with Crippen LogP contribution in [-0.4, -0.2) is 35.7 Å². The van der Waals surface area contributed by atoms with Crippen molar-refractivity contribution in [2.24, 2.45) is 5.92 Å². The Hall–Kier alpha value is -0.610. The molecule has 4 nitrogen and oxygen atoms in total. The molecule has 0 aromatic rings. The van der Waals surface area contributed by atoms with E-state index in [9.17, 15) is 9.90 Å². The molecule has 0 radical (unpaired) electrons. The van der Waals surface area contributed by atoms with E-state index in [2.05, 4.69) is 17.6 Å². The molecule has 1 saturated carbocycles. The molecule has 1 amide bonds. The van der Waals surface area contributed by atoms with Gasteiger partial charge in [-0.05, 0) is 32.1 Å². The summed E-state index contributed by atoms with van der Waals surface area (Å²) in [6, 6.07) is 0.0772. The van der Waals surface area contributed by atoms with Crippen LogP contribution in [-0.2, 0) is 4.79 Å². The van der Waals surface area contributed by atoms with E-state index in [1.54, 1.807) is 0 Å². The van der Waals surface area contributed by atoms with Crippen LogP contribution in [0.15, 0.2) is 0 Å². The number of hydrogen-bond donors (Lipinski definition) is 3. The van der Waals surface area contributed by atoms with Crippen LogP contribution < -0.4 is 10.6 Å². The molecule has 1 heterocycles. The maximum absolute atomic E-state index is 11.9. The molecular formula is C12H22N2O2. The van der Waals surface area contributed by atoms with E-state index < -0.39 is 0 Å². The molecule has 1 aliphatic heterocycles. The highest BCUT2D eigenvalue weighted by Crippen LogP contribution is 2.27. The number of aliphatic hydroxyl groups excluding tert-OH is 1. The van der Waals surface area contributed by atoms with Gasteiger partial charge in [-0.25, -0.2) is 0 Å². The number of carbonyl (C=O) groups excluding carboxylic acids is 1. The molecule has 0 bridgehead atoms. The third-order valence-electron chi connectivity index (χ3n) is 3.90. The molecule has 16 heavy (non-hydrogen) atoms. The lowest BCUT2D eigenvalue weighted by molar-refractivity contribution is -0.123. The minimum atomic E-state index is -0.363. The predicted octanol–water partition coefficient (Wildman–Crippen LogP) is 0.404. The van der Waals surface area contributed by atoms with E-state index in [0.29, 0.717) is 18.9 Å². The van der Waals surface area contributed by atoms with Crippen molar-refractivity contribution < 1.29 is 9.90 Å². The van der Waals surface area contributed by atoms with Crippen LogP contribution in [0.2, 0.25) is 0 Å². The van der Waals surface area contributed by atoms with Crippen LogP contribution in [0.5, 0.6) is 0 Å². The number of hydrogen-bond acceptors (Lipinski definition) is 3. The van der Waals surface area contributed by atoms with Crippen molar-refractivity contribution in [2.75, 3.05) is 6.54 Å². The van der Waals surface area contributed by atoms with Gasteiger partial charge in [0.2, 0.25) is 5.91 Å². The Balaban J connectivity index is 1.77. The highest BCUT2D eigenvalue weighted by molar-refractivity contribution is 5.82. The van der Waals surface area contributed by atoms with Gasteiger partial charge < -0.3 is 15.7 Å². The van der Waals surface area contributed by atoms with E-state index in [-0.39, 0.29) is 24.1 Å². The fourth-order valence-corrected chi connectivity index (χ4v) is 2.82. The molecule has 4 heteroatoms. The van der Waals surface area contributed by atoms with Crippen LogP contribution in [0.4, 0.5) is 0 Å². The van der Waals surface area contributed by atoms with Crippen molar-refractivity contribution in [2.45, 2.75) is 57.2 Å². The monoisotopic (exact) mass is 226 g/mol. The van der Waals surface area contributed by atoms with E-state index >= 15 is 0 Å². The first-order valence-corrected chi connectivity index (χ1v) is 6.38. The van der Waals surface area contributed by atoms with Gasteiger partial charge in [-0.15, -0.1) is 0 Å². The van der Waals surface area contributed by atoms with Crippen LogP contribution in [0.25, 0.3) is 0 Å². The number of β-amino-alcohol motifs (C(OH)–C–C–N with tert-alkyl or cyclic N) is 1. The van der Waals surface area contributed by atoms with E-state index in [1.807, 2.05) is 0 Å². The minimum Gasteiger partial charge on any atom is -0.392 e. The zero-order valence-electron chi connectivity index (χ0n) is 9.91. The van der Waals surface area contributed by atoms with Gasteiger partial charge in [0, 0.05) is 12.6 Å². The summed E-state index contributed by atoms with van der Waals surface area (Å²) in [6.07, 6.45) is 5.25. The smallest absolute Gasteiger partial charge is 0.237 e. The molecule has 3 atom stereocenters. The summed E-state index contributed by atoms with van der Waals surface area (Å²) in [5.74, 6) is 0.700. The third-order valence-corrected chi connectivity index (χ3v) is 3.90. The minimum absolute atomic E-state index is 0.0518. The van der Waals surface area contributed by atoms with Gasteiger partial charge in [-0.2, -0.15) is 0 Å². The lowest BCUT2D eigenvalue weighted by atomic mass is 9.99. The summed E-state index contributed by atoms with van der Waals surface area (Å²) in [6.45, 7) is 2.63. The summed E-state index contributed by atoms with van der Waals surface area (Å²) < 4.78 is 0. The highest BCUT2D eigenvalue weighted by atomic mass is 16.3. The molecular weight excluding hydrogens is 204 g/mol. The van der Waals surface area contributed by atoms with Crippen molar-refractivity contribution in [1.82, 2.24) is 10.6 Å². The van der Waals surface area contributed by atoms with E-state index in [4.69, 9.17) is 0 Å². The van der Waals surface area contributed by atoms with E-state index in [1.165, 1.54) is 25.7 Å². The lowest BCUT2D eigenvalue weighted by Gasteiger charge is -2.22. The molecule has 1 aliphatic carbocycles. The number of carbonyl (C=O) groups is 1. The maximum Gasteiger partial charge on any atom is 0.237 e. The molecule has 2 rings (SSSR count). The van der Waals surface area contributed by atoms with Crippen LogP contribution in [0.3, 0.4) is 0 Å². The topological polar surface area (TPSA) is 61.4 Å². The number of amides is 1. The van der Waals surface area contributed by atoms with Crippen molar-refractivity contribution in [1.29, 1.82) is 0 Å². The van der Waals surface area contributed by atoms with Gasteiger partial charge >= 0.3 is 0 Å². The second kappa shape index (κ2) is 5.15. The van der Waals surface area contributed by atoms with Gasteiger partial charge in [0.05, 0.1) is 12.1 Å². The Labute approximate surface area is 96.8 Å². The number of aliphatic hydroxyl groups is 1. The first-order chi connectivity index (χ1) is 7.66. The van der Waals surface area contributed by atoms with Crippen molar-refractivity contribution in [3.05, 3.63) is 0 Å². The zero-order valence-corrected chi connectivity index (χ0v) is 9.91. The van der Waals surface area contributed by atoms with Gasteiger partial charge in [0.15, 0.2) is 0 Å². The first kappa shape index (κ1) is 11.9. The number of rotatable bonds is 3. The Kier molecular flexibility index (Phi) is 3.82. The molecule has 0 aromatic heterocycles. The van der Waals surface area contributed by atoms with Gasteiger partial charge in [-0.3, -0.25) is 4.79 Å². The Morgan fingerprint density at radius 1 is 1.44 bits per heavy atom. The number of nitrogens with one attached hydrogen (secondary N) is 2. The fourth-order valence-electron chi connectivity index (χ4n) is 2.82. The summed E-state index contributed by atoms with van der Waals surface area (Å²) in [7, 11) is 0. The summed E-state index contributed by atoms with van der Waals surface area (Å²) in [5, 5.41) is 15.5. The normalized spacial score (nSPS) is 32.9. The van der Waals surface area contributed by atoms with E-state index in [0.717, 1.165) is 0 Å². The average molecular weight is 226 g/mol. The standard InChI is InChI=1S/C12H22N2O2/c1-8(9-4-2-3-5-9)14-12(16)11-6-10(15)7-13-11/h8-11,13,15H,2-7H2,1H3,(H,14,16)/t8-,10?,11?/m0/s1. The highest BCUT2D eigenvalue weighted by Gasteiger charge is 2.30. The SMILES string of the molecule is C[C@H](NC(=O)C1CC(O)CN1)C1CCCC1. The van der Waals surface area contributed by atoms with Gasteiger partial charge in [-0.1, -0.05) is 12.8 Å². The lowest BCUT2D eigenvalue weighted by Crippen LogP contribution is -2.46. The Morgan fingerprint density at radius 2 is 2.12 bits per heavy atom. The van der Waals surface area contributed by atoms with Crippen LogP contribution in [0.1, 0.15) is 39.0 Å². The van der Waals surface area contributed by atoms with Crippen molar-refractivity contribution in [3.63, 3.8) is 0 Å². The first-order valence-electron chi connectivity index (χ1n) is 6.38. The van der Waals surface area contributed by atoms with Crippen LogP contribution in [0, 0.1) is 5.92 Å². The van der Waals surface area contributed by atoms with Gasteiger partial charge in [0.1, 0.15) is 0 Å². The molecule has 3 N–H and O–H groups in total. The maximum atomic E-state index is 11.9. The fraction of sp³-hybridized carbons (Fsp3) is 0.917. The quantitative estimate of drug-likeness (QED) is 0.653. The van der Waals surface area contributed by atoms with Gasteiger partial charge in [0.25, 0.3) is 0 Å². The Bertz CT molecular complexity index is 251. The second-order valence-corrected chi connectivity index (χ2v) is 5.19. The third kappa shape index (κ3) is 2.74. The largest absolute Gasteiger partial charge is 0.392 e. The van der Waals surface area contributed by atoms with Crippen LogP contribution >= 0.6 is 0 Å². The Morgan fingerprint density at radius 3 is 2.69 bits per heavy atom. The zero-order chi connectivity index (χ0) is 11.5. The molecule has 1 saturated heterocycles. The predicted molar refractivity (Wildman–Crippen MR) is 62.0 cm³/mol. The van der Waals surface area contributed by atoms with Crippen molar-refractivity contribution >= 4 is 5.91 Å². The van der Waals surface area contributed by atoms with Crippen molar-refractivity contribution in [3.8, 4) is 0 Å². The molecule has 2 fully saturated rings.